The first kappa shape index (κ1) is 25.4. The average Bonchev–Trinajstić information content (AvgIpc) is 3.19. The van der Waals surface area contributed by atoms with Gasteiger partial charge in [-0.2, -0.15) is 5.26 Å². The highest BCUT2D eigenvalue weighted by Gasteiger charge is 2.25. The lowest BCUT2D eigenvalue weighted by Gasteiger charge is -2.15. The quantitative estimate of drug-likeness (QED) is 0.584. The van der Waals surface area contributed by atoms with Gasteiger partial charge < -0.3 is 11.5 Å². The fourth-order valence-electron chi connectivity index (χ4n) is 4.03. The van der Waals surface area contributed by atoms with Crippen molar-refractivity contribution in [2.24, 2.45) is 17.6 Å². The minimum Gasteiger partial charge on any atom is -0.396 e. The Labute approximate surface area is 196 Å². The van der Waals surface area contributed by atoms with E-state index < -0.39 is 0 Å². The highest BCUT2D eigenvalue weighted by atomic mass is 35.5. The zero-order valence-electron chi connectivity index (χ0n) is 19.4. The number of nitrogens with zero attached hydrogens (tertiary/aromatic N) is 2. The predicted octanol–water partition coefficient (Wildman–Crippen LogP) is 5.95. The summed E-state index contributed by atoms with van der Waals surface area (Å²) in [5.74, 6) is 0.779. The van der Waals surface area contributed by atoms with Gasteiger partial charge in [0.1, 0.15) is 0 Å². The van der Waals surface area contributed by atoms with E-state index in [1.54, 1.807) is 12.4 Å². The summed E-state index contributed by atoms with van der Waals surface area (Å²) >= 11 is 6.40. The Morgan fingerprint density at radius 2 is 1.97 bits per heavy atom. The van der Waals surface area contributed by atoms with Crippen LogP contribution in [0.1, 0.15) is 73.8 Å². The second-order valence-corrected chi connectivity index (χ2v) is 8.99. The molecule has 1 amide bonds. The minimum absolute atomic E-state index is 0.112. The van der Waals surface area contributed by atoms with E-state index in [0.717, 1.165) is 53.5 Å². The van der Waals surface area contributed by atoms with E-state index in [0.29, 0.717) is 22.2 Å². The van der Waals surface area contributed by atoms with Crippen molar-refractivity contribution >= 4 is 28.8 Å². The number of pyridine rings is 1. The monoisotopic (exact) mass is 452 g/mol. The number of carbonyl (C=O) groups excluding carboxylic acids is 1. The van der Waals surface area contributed by atoms with Gasteiger partial charge in [0.25, 0.3) is 0 Å². The number of halogens is 1. The molecule has 1 saturated carbocycles. The van der Waals surface area contributed by atoms with Gasteiger partial charge in [-0.1, -0.05) is 44.0 Å². The fraction of sp³-hybridized carbons (Fsp3) is 0.423. The molecule has 0 aliphatic heterocycles. The molecule has 2 unspecified atom stereocenters. The zero-order chi connectivity index (χ0) is 23.8. The van der Waals surface area contributed by atoms with Crippen LogP contribution in [0.15, 0.2) is 30.6 Å². The number of hydrogen-bond acceptors (Lipinski definition) is 4. The summed E-state index contributed by atoms with van der Waals surface area (Å²) in [4.78, 5) is 14.7. The standard InChI is InChI=1S/C19H20ClN3.C7H13NO/c1-4-5-6-15(17-10-23-11-18(22)19(17)20)16-8-14(9-21)12(2)7-13(16)3;1-5-2-3-6(4-5)7(8)9/h6-8,10-11H,4-5,22H2,1-3H3;5-6H,2-4H2,1H3,(H2,8,9)/b15-6+;. The van der Waals surface area contributed by atoms with Gasteiger partial charge in [-0.3, -0.25) is 9.78 Å². The molecule has 1 aliphatic rings. The topological polar surface area (TPSA) is 106 Å². The van der Waals surface area contributed by atoms with E-state index in [2.05, 4.69) is 31.0 Å². The molecular formula is C26H33ClN4O. The summed E-state index contributed by atoms with van der Waals surface area (Å²) in [6.45, 7) is 8.27. The number of allylic oxidation sites excluding steroid dienone is 1. The molecule has 2 atom stereocenters. The van der Waals surface area contributed by atoms with Crippen LogP contribution in [0, 0.1) is 37.0 Å². The van der Waals surface area contributed by atoms with Gasteiger partial charge in [0.05, 0.1) is 28.5 Å². The van der Waals surface area contributed by atoms with Crippen LogP contribution in [-0.4, -0.2) is 10.9 Å². The molecule has 5 nitrogen and oxygen atoms in total. The average molecular weight is 453 g/mol. The number of amides is 1. The molecule has 1 fully saturated rings. The molecule has 2 aromatic rings. The molecule has 0 spiro atoms. The van der Waals surface area contributed by atoms with Gasteiger partial charge in [0.2, 0.25) is 5.91 Å². The number of unbranched alkanes of at least 4 members (excludes halogenated alkanes) is 1. The van der Waals surface area contributed by atoms with E-state index in [9.17, 15) is 10.1 Å². The summed E-state index contributed by atoms with van der Waals surface area (Å²) in [6, 6.07) is 6.20. The third-order valence-corrected chi connectivity index (χ3v) is 6.34. The van der Waals surface area contributed by atoms with Gasteiger partial charge in [0.15, 0.2) is 0 Å². The first-order valence-corrected chi connectivity index (χ1v) is 11.5. The van der Waals surface area contributed by atoms with Crippen LogP contribution in [0.4, 0.5) is 5.69 Å². The SMILES string of the molecule is CC1CCC(C(N)=O)C1.CCC/C=C(\c1cc(C#N)c(C)cc1C)c1cncc(N)c1Cl. The molecule has 1 heterocycles. The van der Waals surface area contributed by atoms with E-state index in [4.69, 9.17) is 23.1 Å². The van der Waals surface area contributed by atoms with Crippen LogP contribution in [-0.2, 0) is 4.79 Å². The zero-order valence-corrected chi connectivity index (χ0v) is 20.2. The minimum atomic E-state index is -0.112. The van der Waals surface area contributed by atoms with Crippen LogP contribution in [0.25, 0.3) is 5.57 Å². The highest BCUT2D eigenvalue weighted by Crippen LogP contribution is 2.35. The summed E-state index contributed by atoms with van der Waals surface area (Å²) in [6.07, 6.45) is 10.5. The summed E-state index contributed by atoms with van der Waals surface area (Å²) in [5, 5.41) is 9.83. The number of carbonyl (C=O) groups is 1. The van der Waals surface area contributed by atoms with E-state index >= 15 is 0 Å². The van der Waals surface area contributed by atoms with Crippen LogP contribution < -0.4 is 11.5 Å². The molecule has 4 N–H and O–H groups in total. The van der Waals surface area contributed by atoms with E-state index in [1.807, 2.05) is 26.0 Å². The summed E-state index contributed by atoms with van der Waals surface area (Å²) in [7, 11) is 0. The summed E-state index contributed by atoms with van der Waals surface area (Å²) < 4.78 is 0. The Balaban J connectivity index is 0.000000336. The maximum Gasteiger partial charge on any atom is 0.220 e. The molecule has 1 aliphatic carbocycles. The van der Waals surface area contributed by atoms with Gasteiger partial charge in [-0.25, -0.2) is 0 Å². The number of aryl methyl sites for hydroxylation is 2. The van der Waals surface area contributed by atoms with Crippen molar-refractivity contribution in [3.05, 3.63) is 63.4 Å². The van der Waals surface area contributed by atoms with Crippen molar-refractivity contribution in [1.29, 1.82) is 5.26 Å². The Hall–Kier alpha value is -2.84. The predicted molar refractivity (Wildman–Crippen MR) is 132 cm³/mol. The summed E-state index contributed by atoms with van der Waals surface area (Å²) in [5.41, 5.74) is 17.0. The number of hydrogen-bond donors (Lipinski definition) is 2. The number of anilines is 1. The van der Waals surface area contributed by atoms with Crippen molar-refractivity contribution < 1.29 is 4.79 Å². The first-order valence-electron chi connectivity index (χ1n) is 11.1. The van der Waals surface area contributed by atoms with Crippen molar-refractivity contribution in [2.75, 3.05) is 5.73 Å². The fourth-order valence-corrected chi connectivity index (χ4v) is 4.23. The van der Waals surface area contributed by atoms with Crippen LogP contribution in [0.5, 0.6) is 0 Å². The number of benzene rings is 1. The third kappa shape index (κ3) is 6.34. The molecule has 0 radical (unpaired) electrons. The molecule has 6 heteroatoms. The van der Waals surface area contributed by atoms with E-state index in [-0.39, 0.29) is 11.8 Å². The number of rotatable bonds is 5. The largest absolute Gasteiger partial charge is 0.396 e. The maximum atomic E-state index is 10.6. The van der Waals surface area contributed by atoms with Crippen LogP contribution in [0.3, 0.4) is 0 Å². The van der Waals surface area contributed by atoms with Crippen molar-refractivity contribution in [1.82, 2.24) is 4.98 Å². The van der Waals surface area contributed by atoms with Gasteiger partial charge in [-0.05, 0) is 73.8 Å². The van der Waals surface area contributed by atoms with Crippen molar-refractivity contribution in [3.63, 3.8) is 0 Å². The molecule has 0 bridgehead atoms. The number of primary amides is 1. The Bertz CT molecular complexity index is 1040. The number of nitriles is 1. The highest BCUT2D eigenvalue weighted by molar-refractivity contribution is 6.35. The molecule has 1 aromatic heterocycles. The number of nitrogen functional groups attached to an aromatic ring is 1. The van der Waals surface area contributed by atoms with Crippen LogP contribution in [0.2, 0.25) is 5.02 Å². The van der Waals surface area contributed by atoms with Gasteiger partial charge in [-0.15, -0.1) is 0 Å². The smallest absolute Gasteiger partial charge is 0.220 e. The number of nitrogens with two attached hydrogens (primary N) is 2. The molecule has 170 valence electrons. The number of aromatic nitrogens is 1. The molecule has 3 rings (SSSR count). The first-order chi connectivity index (χ1) is 15.2. The van der Waals surface area contributed by atoms with Crippen molar-refractivity contribution in [2.45, 2.75) is 59.8 Å². The lowest BCUT2D eigenvalue weighted by molar-refractivity contribution is -0.121. The van der Waals surface area contributed by atoms with E-state index in [1.165, 1.54) is 6.42 Å². The van der Waals surface area contributed by atoms with Crippen LogP contribution >= 0.6 is 11.6 Å². The molecule has 32 heavy (non-hydrogen) atoms. The van der Waals surface area contributed by atoms with Gasteiger partial charge >= 0.3 is 0 Å². The Morgan fingerprint density at radius 1 is 1.25 bits per heavy atom. The van der Waals surface area contributed by atoms with Gasteiger partial charge in [0, 0.05) is 17.7 Å². The Morgan fingerprint density at radius 3 is 2.50 bits per heavy atom. The van der Waals surface area contributed by atoms with Crippen molar-refractivity contribution in [3.8, 4) is 6.07 Å². The lowest BCUT2D eigenvalue weighted by Crippen LogP contribution is -2.20. The Kier molecular flexibility index (Phi) is 9.28. The molecule has 0 saturated heterocycles. The third-order valence-electron chi connectivity index (χ3n) is 5.91. The second-order valence-electron chi connectivity index (χ2n) is 8.61. The normalized spacial score (nSPS) is 17.9. The molecule has 1 aromatic carbocycles. The lowest BCUT2D eigenvalue weighted by atomic mass is 9.91. The molecular weight excluding hydrogens is 420 g/mol. The maximum absolute atomic E-state index is 10.6. The second kappa shape index (κ2) is 11.7.